The lowest BCUT2D eigenvalue weighted by molar-refractivity contribution is -0.437. The largest absolute Gasteiger partial charge is 0.492 e. The fraction of sp³-hybridized carbons (Fsp3) is 0.525. The molecule has 0 fully saturated rings. The summed E-state index contributed by atoms with van der Waals surface area (Å²) in [5, 5.41) is 20.1. The molecule has 1 aromatic heterocycles. The van der Waals surface area contributed by atoms with E-state index in [1.54, 1.807) is 37.0 Å². The summed E-state index contributed by atoms with van der Waals surface area (Å²) < 4.78 is 146. The van der Waals surface area contributed by atoms with Gasteiger partial charge in [0.1, 0.15) is 18.1 Å². The summed E-state index contributed by atoms with van der Waals surface area (Å²) >= 11 is 0. The number of benzene rings is 2. The number of aromatic nitrogens is 1. The van der Waals surface area contributed by atoms with Crippen molar-refractivity contribution in [2.75, 3.05) is 110 Å². The Bertz CT molecular complexity index is 3320. The molecule has 0 radical (unpaired) electrons. The van der Waals surface area contributed by atoms with Gasteiger partial charge < -0.3 is 53.1 Å². The minimum absolute atomic E-state index is 0.0317. The van der Waals surface area contributed by atoms with E-state index in [4.69, 9.17) is 38.0 Å². The van der Waals surface area contributed by atoms with E-state index in [0.717, 1.165) is 40.1 Å². The van der Waals surface area contributed by atoms with Crippen LogP contribution in [0.25, 0.3) is 11.1 Å². The average Bonchev–Trinajstić information content (AvgIpc) is 1.97. The standard InChI is InChI=1S/C59H81N3O20S3/c1-43-42-59(22-26-77-32-34-79-30-28-75-6,23-27-78-33-35-80-31-29-76-7)61(25-13-37-84(69,70)71)50-41-51-47(40-46(43)50)44(38-53(81-51)57(2,3)4)14-9-8-10-15-52-58(5,21-11-16-56(65)82-62-54(63)19-20-55(62)64)48-39-45(85(72,73)74)17-18-49(48)60(52)24-12-36-83(66,67)68/h8-10,14-15,17-20,38-42H,11-13,16,21-37H2,1-7H3,(H4-,63,64,66,67,68,69,70,71,72,73,74)/p+1. The molecule has 4 heterocycles. The van der Waals surface area contributed by atoms with Gasteiger partial charge in [0.25, 0.3) is 30.4 Å². The number of allylic oxidation sites excluding steroid dienone is 9. The van der Waals surface area contributed by atoms with Crippen LogP contribution in [-0.2, 0) is 69.0 Å². The molecule has 6 rings (SSSR count). The number of carbonyl (C=O) groups is 1. The highest BCUT2D eigenvalue weighted by Crippen LogP contribution is 2.50. The second-order valence-electron chi connectivity index (χ2n) is 22.1. The number of ether oxygens (including phenoxy) is 7. The molecule has 26 heteroatoms. The van der Waals surface area contributed by atoms with E-state index in [-0.39, 0.29) is 50.1 Å². The Kier molecular flexibility index (Phi) is 24.3. The number of anilines is 1. The molecule has 1 unspecified atom stereocenters. The van der Waals surface area contributed by atoms with Gasteiger partial charge in [0.15, 0.2) is 5.71 Å². The minimum Gasteiger partial charge on any atom is -0.492 e. The summed E-state index contributed by atoms with van der Waals surface area (Å²) in [5.41, 5.74) is 3.37. The maximum Gasteiger partial charge on any atom is 0.333 e. The lowest BCUT2D eigenvalue weighted by atomic mass is 9.75. The number of nitrogens with zero attached hydrogens (tertiary/aromatic N) is 3. The SMILES string of the molecule is COCCOCCOCCC1(CCOCCOCCOC)C=C(C)c2cc3c(cc2N1CCCS(=O)(=O)O)OC(C(C)(C)C)=CC3=CC=CC=CC1=[N+](CCCS(=O)(=O)O)c2ccc(S(=O)(=O)O)cc2C1(C)CCCC(=O)On1c(O)ccc1O. The molecule has 0 amide bonds. The Labute approximate surface area is 499 Å². The lowest BCUT2D eigenvalue weighted by Gasteiger charge is -2.48. The van der Waals surface area contributed by atoms with Crippen molar-refractivity contribution in [2.24, 2.45) is 5.41 Å². The van der Waals surface area contributed by atoms with Crippen LogP contribution in [0.3, 0.4) is 0 Å². The second-order valence-corrected chi connectivity index (χ2v) is 26.6. The molecule has 3 aliphatic rings. The smallest absolute Gasteiger partial charge is 0.333 e. The van der Waals surface area contributed by atoms with Crippen LogP contribution in [0.1, 0.15) is 96.3 Å². The third-order valence-corrected chi connectivity index (χ3v) is 17.2. The van der Waals surface area contributed by atoms with Gasteiger partial charge in [-0.1, -0.05) is 51.2 Å². The highest BCUT2D eigenvalue weighted by atomic mass is 32.2. The zero-order valence-electron chi connectivity index (χ0n) is 49.4. The van der Waals surface area contributed by atoms with Crippen molar-refractivity contribution >= 4 is 64.6 Å². The Hall–Kier alpha value is -5.75. The van der Waals surface area contributed by atoms with E-state index < -0.39 is 76.0 Å². The van der Waals surface area contributed by atoms with E-state index in [0.29, 0.717) is 112 Å². The van der Waals surface area contributed by atoms with Gasteiger partial charge in [-0.2, -0.15) is 29.8 Å². The molecular formula is C59H82N3O20S3+. The van der Waals surface area contributed by atoms with Crippen LogP contribution in [0.2, 0.25) is 0 Å². The highest BCUT2D eigenvalue weighted by Gasteiger charge is 2.48. The van der Waals surface area contributed by atoms with Gasteiger partial charge in [-0.25, -0.2) is 4.79 Å². The Morgan fingerprint density at radius 2 is 1.31 bits per heavy atom. The molecule has 1 atom stereocenters. The van der Waals surface area contributed by atoms with E-state index >= 15 is 0 Å². The van der Waals surface area contributed by atoms with Crippen molar-refractivity contribution in [3.8, 4) is 17.5 Å². The molecule has 23 nitrogen and oxygen atoms in total. The maximum atomic E-state index is 13.0. The Morgan fingerprint density at radius 1 is 0.718 bits per heavy atom. The molecule has 3 aliphatic heterocycles. The van der Waals surface area contributed by atoms with Crippen molar-refractivity contribution in [3.63, 3.8) is 0 Å². The van der Waals surface area contributed by atoms with Crippen molar-refractivity contribution in [1.82, 2.24) is 4.73 Å². The number of methoxy groups -OCH3 is 2. The first-order chi connectivity index (χ1) is 40.1. The second kappa shape index (κ2) is 30.2. The number of aromatic hydroxyl groups is 2. The minimum atomic E-state index is -4.70. The molecule has 0 bridgehead atoms. The van der Waals surface area contributed by atoms with Crippen molar-refractivity contribution in [2.45, 2.75) is 95.4 Å². The van der Waals surface area contributed by atoms with Gasteiger partial charge in [-0.15, -0.1) is 4.73 Å². The Morgan fingerprint density at radius 3 is 1.88 bits per heavy atom. The third-order valence-electron chi connectivity index (χ3n) is 14.7. The van der Waals surface area contributed by atoms with Gasteiger partial charge in [-0.3, -0.25) is 13.7 Å². The molecule has 5 N–H and O–H groups in total. The number of carbonyl (C=O) groups excluding carboxylic acids is 1. The quantitative estimate of drug-likeness (QED) is 0.0165. The molecule has 2 aromatic carbocycles. The van der Waals surface area contributed by atoms with Crippen LogP contribution in [0.15, 0.2) is 95.7 Å². The molecule has 0 saturated carbocycles. The summed E-state index contributed by atoms with van der Waals surface area (Å²) in [6, 6.07) is 10.4. The van der Waals surface area contributed by atoms with E-state index in [9.17, 15) is 53.9 Å². The maximum absolute atomic E-state index is 13.0. The monoisotopic (exact) mass is 1250 g/mol. The van der Waals surface area contributed by atoms with Gasteiger partial charge in [-0.05, 0) is 81.4 Å². The first-order valence-electron chi connectivity index (χ1n) is 28.0. The predicted molar refractivity (Wildman–Crippen MR) is 320 cm³/mol. The molecule has 85 heavy (non-hydrogen) atoms. The molecule has 0 aliphatic carbocycles. The third kappa shape index (κ3) is 19.1. The van der Waals surface area contributed by atoms with Gasteiger partial charge in [0, 0.05) is 105 Å². The van der Waals surface area contributed by atoms with Crippen LogP contribution >= 0.6 is 0 Å². The highest BCUT2D eigenvalue weighted by molar-refractivity contribution is 7.86. The zero-order chi connectivity index (χ0) is 62.2. The first-order valence-corrected chi connectivity index (χ1v) is 32.6. The predicted octanol–water partition coefficient (Wildman–Crippen LogP) is 7.50. The van der Waals surface area contributed by atoms with Crippen LogP contribution in [-0.4, -0.2) is 181 Å². The van der Waals surface area contributed by atoms with Crippen molar-refractivity contribution in [1.29, 1.82) is 0 Å². The summed E-state index contributed by atoms with van der Waals surface area (Å²) in [4.78, 5) is 20.0. The fourth-order valence-electron chi connectivity index (χ4n) is 10.5. The van der Waals surface area contributed by atoms with Gasteiger partial charge in [0.05, 0.1) is 80.2 Å². The van der Waals surface area contributed by atoms with Crippen LogP contribution in [0.5, 0.6) is 17.5 Å². The molecular weight excluding hydrogens is 1170 g/mol. The lowest BCUT2D eigenvalue weighted by Crippen LogP contribution is -2.52. The zero-order valence-corrected chi connectivity index (χ0v) is 51.8. The van der Waals surface area contributed by atoms with E-state index in [1.165, 1.54) is 18.2 Å². The average molecular weight is 1250 g/mol. The normalized spacial score (nSPS) is 17.6. The van der Waals surface area contributed by atoms with Crippen molar-refractivity contribution in [3.05, 3.63) is 107 Å². The topological polar surface area (TPSA) is 306 Å². The van der Waals surface area contributed by atoms with E-state index in [1.807, 2.05) is 65.0 Å². The van der Waals surface area contributed by atoms with Gasteiger partial charge >= 0.3 is 5.97 Å². The number of hydrogen-bond acceptors (Lipinski definition) is 18. The summed E-state index contributed by atoms with van der Waals surface area (Å²) in [6.07, 6.45) is 14.4. The van der Waals surface area contributed by atoms with E-state index in [2.05, 4.69) is 11.0 Å². The molecule has 470 valence electrons. The molecule has 0 spiro atoms. The number of hydrogen-bond donors (Lipinski definition) is 5. The van der Waals surface area contributed by atoms with Gasteiger partial charge in [0.2, 0.25) is 17.4 Å². The summed E-state index contributed by atoms with van der Waals surface area (Å²) in [6.45, 7) is 14.0. The first kappa shape index (κ1) is 68.4. The van der Waals surface area contributed by atoms with Crippen molar-refractivity contribution < 1.29 is 96.5 Å². The van der Waals surface area contributed by atoms with Crippen LogP contribution < -0.4 is 14.5 Å². The summed E-state index contributed by atoms with van der Waals surface area (Å²) in [7, 11) is -10.2. The van der Waals surface area contributed by atoms with Crippen LogP contribution in [0.4, 0.5) is 11.4 Å². The summed E-state index contributed by atoms with van der Waals surface area (Å²) in [5.74, 6) is -1.64. The number of rotatable bonds is 35. The fourth-order valence-corrected chi connectivity index (χ4v) is 12.0. The Balaban J connectivity index is 1.38. The molecule has 3 aromatic rings. The van der Waals surface area contributed by atoms with Crippen LogP contribution in [0, 0.1) is 5.41 Å². The number of fused-ring (bicyclic) bond motifs is 3. The molecule has 0 saturated heterocycles.